The van der Waals surface area contributed by atoms with E-state index in [1.807, 2.05) is 7.05 Å². The smallest absolute Gasteiger partial charge is 0.0797 e. The molecule has 2 rings (SSSR count). The Labute approximate surface area is 74.8 Å². The highest BCUT2D eigenvalue weighted by Gasteiger charge is 2.13. The van der Waals surface area contributed by atoms with Gasteiger partial charge in [-0.05, 0) is 0 Å². The highest BCUT2D eigenvalue weighted by atomic mass is 15.4. The monoisotopic (exact) mass is 178 g/mol. The predicted molar refractivity (Wildman–Crippen MR) is 45.6 cm³/mol. The van der Waals surface area contributed by atoms with Crippen molar-refractivity contribution in [3.8, 4) is 0 Å². The average molecular weight is 178 g/mol. The van der Waals surface area contributed by atoms with Gasteiger partial charge < -0.3 is 5.73 Å². The lowest BCUT2D eigenvalue weighted by atomic mass is 10.1. The molecule has 2 aromatic rings. The molecular weight excluding hydrogens is 168 g/mol. The van der Waals surface area contributed by atoms with Crippen LogP contribution in [0.25, 0.3) is 0 Å². The summed E-state index contributed by atoms with van der Waals surface area (Å²) in [6.07, 6.45) is 5.10. The molecule has 0 aliphatic heterocycles. The van der Waals surface area contributed by atoms with Crippen molar-refractivity contribution in [3.63, 3.8) is 0 Å². The molecular formula is C7H10N6. The fourth-order valence-corrected chi connectivity index (χ4v) is 1.18. The third-order valence-corrected chi connectivity index (χ3v) is 1.95. The second kappa shape index (κ2) is 2.98. The second-order valence-electron chi connectivity index (χ2n) is 2.79. The summed E-state index contributed by atoms with van der Waals surface area (Å²) in [7, 11) is 1.81. The Kier molecular flexibility index (Phi) is 1.82. The fourth-order valence-electron chi connectivity index (χ4n) is 1.18. The van der Waals surface area contributed by atoms with Crippen LogP contribution < -0.4 is 5.73 Å². The van der Waals surface area contributed by atoms with E-state index in [9.17, 15) is 0 Å². The Balaban J connectivity index is 2.33. The lowest BCUT2D eigenvalue weighted by molar-refractivity contribution is 0.651. The number of hydrogen-bond acceptors (Lipinski definition) is 4. The van der Waals surface area contributed by atoms with Crippen molar-refractivity contribution in [2.75, 3.05) is 0 Å². The Morgan fingerprint density at radius 3 is 2.92 bits per heavy atom. The molecule has 0 fully saturated rings. The molecule has 0 radical (unpaired) electrons. The van der Waals surface area contributed by atoms with Crippen LogP contribution in [0.5, 0.6) is 0 Å². The van der Waals surface area contributed by atoms with Gasteiger partial charge in [0, 0.05) is 18.8 Å². The van der Waals surface area contributed by atoms with Crippen molar-refractivity contribution < 1.29 is 0 Å². The van der Waals surface area contributed by atoms with Crippen molar-refractivity contribution in [1.82, 2.24) is 25.2 Å². The van der Waals surface area contributed by atoms with Gasteiger partial charge in [-0.15, -0.1) is 5.10 Å². The van der Waals surface area contributed by atoms with Crippen LogP contribution in [0.4, 0.5) is 0 Å². The minimum atomic E-state index is -0.223. The van der Waals surface area contributed by atoms with Gasteiger partial charge in [-0.3, -0.25) is 9.78 Å². The van der Waals surface area contributed by atoms with E-state index in [1.54, 1.807) is 23.3 Å². The topological polar surface area (TPSA) is 85.4 Å². The van der Waals surface area contributed by atoms with Crippen molar-refractivity contribution in [1.29, 1.82) is 0 Å². The first-order valence-electron chi connectivity index (χ1n) is 3.88. The van der Waals surface area contributed by atoms with Crippen LogP contribution in [0, 0.1) is 0 Å². The van der Waals surface area contributed by atoms with Gasteiger partial charge in [0.1, 0.15) is 0 Å². The van der Waals surface area contributed by atoms with E-state index in [-0.39, 0.29) is 6.04 Å². The van der Waals surface area contributed by atoms with E-state index in [2.05, 4.69) is 20.5 Å². The van der Waals surface area contributed by atoms with Crippen LogP contribution in [0.2, 0.25) is 0 Å². The van der Waals surface area contributed by atoms with Crippen LogP contribution in [-0.4, -0.2) is 25.2 Å². The minimum Gasteiger partial charge on any atom is -0.319 e. The zero-order chi connectivity index (χ0) is 9.26. The number of aryl methyl sites for hydroxylation is 1. The zero-order valence-corrected chi connectivity index (χ0v) is 7.18. The van der Waals surface area contributed by atoms with Gasteiger partial charge in [0.15, 0.2) is 0 Å². The lowest BCUT2D eigenvalue weighted by Gasteiger charge is -2.07. The van der Waals surface area contributed by atoms with Gasteiger partial charge >= 0.3 is 0 Å². The molecule has 0 aromatic carbocycles. The molecule has 0 bridgehead atoms. The number of H-pyrrole nitrogens is 1. The molecule has 6 nitrogen and oxygen atoms in total. The molecule has 3 N–H and O–H groups in total. The summed E-state index contributed by atoms with van der Waals surface area (Å²) in [5, 5.41) is 14.1. The van der Waals surface area contributed by atoms with Gasteiger partial charge in [-0.2, -0.15) is 5.10 Å². The molecule has 0 aliphatic rings. The number of nitrogens with one attached hydrogen (secondary N) is 1. The van der Waals surface area contributed by atoms with Crippen LogP contribution in [0.15, 0.2) is 18.6 Å². The second-order valence-corrected chi connectivity index (χ2v) is 2.79. The maximum atomic E-state index is 5.95. The summed E-state index contributed by atoms with van der Waals surface area (Å²) >= 11 is 0. The molecule has 1 atom stereocenters. The highest BCUT2D eigenvalue weighted by molar-refractivity contribution is 5.20. The summed E-state index contributed by atoms with van der Waals surface area (Å²) in [5.41, 5.74) is 7.73. The summed E-state index contributed by atoms with van der Waals surface area (Å²) in [5.74, 6) is 0. The predicted octanol–water partition coefficient (Wildman–Crippen LogP) is -0.414. The van der Waals surface area contributed by atoms with E-state index < -0.39 is 0 Å². The zero-order valence-electron chi connectivity index (χ0n) is 7.18. The Bertz CT molecular complexity index is 375. The van der Waals surface area contributed by atoms with E-state index >= 15 is 0 Å². The molecule has 2 aromatic heterocycles. The molecule has 0 aliphatic carbocycles. The van der Waals surface area contributed by atoms with Crippen molar-refractivity contribution in [3.05, 3.63) is 29.8 Å². The maximum Gasteiger partial charge on any atom is 0.0797 e. The number of rotatable bonds is 2. The van der Waals surface area contributed by atoms with Gasteiger partial charge in [0.05, 0.1) is 24.1 Å². The van der Waals surface area contributed by atoms with E-state index in [4.69, 9.17) is 5.73 Å². The van der Waals surface area contributed by atoms with Crippen LogP contribution in [0.1, 0.15) is 17.3 Å². The number of nitrogens with zero attached hydrogens (tertiary/aromatic N) is 4. The molecule has 1 unspecified atom stereocenters. The summed E-state index contributed by atoms with van der Waals surface area (Å²) in [4.78, 5) is 0. The SMILES string of the molecule is Cn1nncc1C(N)c1cn[nH]c1. The van der Waals surface area contributed by atoms with Crippen molar-refractivity contribution in [2.45, 2.75) is 6.04 Å². The Morgan fingerprint density at radius 1 is 1.54 bits per heavy atom. The summed E-state index contributed by atoms with van der Waals surface area (Å²) < 4.78 is 1.65. The highest BCUT2D eigenvalue weighted by Crippen LogP contribution is 2.15. The van der Waals surface area contributed by atoms with Gasteiger partial charge in [0.2, 0.25) is 0 Å². The normalized spacial score (nSPS) is 13.1. The first-order chi connectivity index (χ1) is 6.29. The van der Waals surface area contributed by atoms with E-state index in [0.717, 1.165) is 11.3 Å². The number of aromatic amines is 1. The van der Waals surface area contributed by atoms with Crippen molar-refractivity contribution >= 4 is 0 Å². The first kappa shape index (κ1) is 7.93. The average Bonchev–Trinajstić information content (AvgIpc) is 2.72. The number of aromatic nitrogens is 5. The van der Waals surface area contributed by atoms with Crippen LogP contribution in [-0.2, 0) is 7.05 Å². The van der Waals surface area contributed by atoms with E-state index in [0.29, 0.717) is 0 Å². The Hall–Kier alpha value is -1.69. The largest absolute Gasteiger partial charge is 0.319 e. The van der Waals surface area contributed by atoms with E-state index in [1.165, 1.54) is 0 Å². The standard InChI is InChI=1S/C7H10N6/c1-13-6(4-11-12-13)7(8)5-2-9-10-3-5/h2-4,7H,8H2,1H3,(H,9,10). The summed E-state index contributed by atoms with van der Waals surface area (Å²) in [6.45, 7) is 0. The summed E-state index contributed by atoms with van der Waals surface area (Å²) in [6, 6.07) is -0.223. The minimum absolute atomic E-state index is 0.223. The molecule has 13 heavy (non-hydrogen) atoms. The van der Waals surface area contributed by atoms with Crippen molar-refractivity contribution in [2.24, 2.45) is 12.8 Å². The third kappa shape index (κ3) is 1.31. The molecule has 0 saturated carbocycles. The number of hydrogen-bond donors (Lipinski definition) is 2. The fraction of sp³-hybridized carbons (Fsp3) is 0.286. The lowest BCUT2D eigenvalue weighted by Crippen LogP contribution is -2.15. The molecule has 0 spiro atoms. The first-order valence-corrected chi connectivity index (χ1v) is 3.88. The molecule has 6 heteroatoms. The van der Waals surface area contributed by atoms with Gasteiger partial charge in [-0.1, -0.05) is 5.21 Å². The molecule has 68 valence electrons. The van der Waals surface area contributed by atoms with Gasteiger partial charge in [0.25, 0.3) is 0 Å². The molecule has 0 amide bonds. The quantitative estimate of drug-likeness (QED) is 0.654. The molecule has 0 saturated heterocycles. The Morgan fingerprint density at radius 2 is 2.38 bits per heavy atom. The van der Waals surface area contributed by atoms with Gasteiger partial charge in [-0.25, -0.2) is 0 Å². The van der Waals surface area contributed by atoms with Crippen LogP contribution in [0.3, 0.4) is 0 Å². The third-order valence-electron chi connectivity index (χ3n) is 1.95. The maximum absolute atomic E-state index is 5.95. The number of nitrogens with two attached hydrogens (primary N) is 1. The van der Waals surface area contributed by atoms with Crippen LogP contribution >= 0.6 is 0 Å². The molecule has 2 heterocycles.